The molecule has 0 aliphatic carbocycles. The van der Waals surface area contributed by atoms with Crippen LogP contribution >= 0.6 is 0 Å². The molecule has 25 heavy (non-hydrogen) atoms. The minimum atomic E-state index is -0.318. The van der Waals surface area contributed by atoms with Crippen molar-refractivity contribution in [3.05, 3.63) is 66.6 Å². The van der Waals surface area contributed by atoms with Crippen molar-refractivity contribution in [2.24, 2.45) is 0 Å². The van der Waals surface area contributed by atoms with E-state index < -0.39 is 0 Å². The van der Waals surface area contributed by atoms with Gasteiger partial charge in [-0.3, -0.25) is 14.9 Å². The fraction of sp³-hybridized carbons (Fsp3) is 0.0556. The van der Waals surface area contributed by atoms with Gasteiger partial charge in [-0.2, -0.15) is 5.10 Å². The summed E-state index contributed by atoms with van der Waals surface area (Å²) in [4.78, 5) is 24.8. The van der Waals surface area contributed by atoms with E-state index in [4.69, 9.17) is 0 Å². The lowest BCUT2D eigenvalue weighted by Crippen LogP contribution is -2.13. The highest BCUT2D eigenvalue weighted by atomic mass is 16.1. The van der Waals surface area contributed by atoms with Crippen LogP contribution in [0.15, 0.2) is 55.1 Å². The third-order valence-electron chi connectivity index (χ3n) is 3.81. The van der Waals surface area contributed by atoms with Gasteiger partial charge in [0, 0.05) is 23.3 Å². The number of aromatic amines is 1. The summed E-state index contributed by atoms with van der Waals surface area (Å²) in [5.41, 5.74) is 3.58. The van der Waals surface area contributed by atoms with Crippen LogP contribution in [0.3, 0.4) is 0 Å². The Labute approximate surface area is 143 Å². The second kappa shape index (κ2) is 6.12. The number of pyridine rings is 1. The summed E-state index contributed by atoms with van der Waals surface area (Å²) in [5, 5.41) is 10.5. The van der Waals surface area contributed by atoms with Crippen molar-refractivity contribution in [3.8, 4) is 11.1 Å². The number of rotatable bonds is 3. The van der Waals surface area contributed by atoms with Gasteiger partial charge in [0.05, 0.1) is 23.6 Å². The van der Waals surface area contributed by atoms with E-state index in [1.54, 1.807) is 31.7 Å². The number of nitrogens with zero attached hydrogens (tertiary/aromatic N) is 4. The van der Waals surface area contributed by atoms with Gasteiger partial charge in [0.1, 0.15) is 5.82 Å². The van der Waals surface area contributed by atoms with Crippen LogP contribution in [0.2, 0.25) is 0 Å². The minimum absolute atomic E-state index is 0.318. The molecule has 0 spiro atoms. The Morgan fingerprint density at radius 3 is 2.68 bits per heavy atom. The monoisotopic (exact) mass is 330 g/mol. The maximum absolute atomic E-state index is 12.6. The Balaban J connectivity index is 1.69. The fourth-order valence-electron chi connectivity index (χ4n) is 2.55. The zero-order valence-corrected chi connectivity index (χ0v) is 13.4. The Kier molecular flexibility index (Phi) is 3.66. The van der Waals surface area contributed by atoms with Crippen molar-refractivity contribution >= 4 is 22.5 Å². The molecule has 2 N–H and O–H groups in total. The summed E-state index contributed by atoms with van der Waals surface area (Å²) in [5.74, 6) is 0.325. The molecule has 0 aliphatic rings. The lowest BCUT2D eigenvalue weighted by atomic mass is 10.0. The van der Waals surface area contributed by atoms with Crippen molar-refractivity contribution in [3.63, 3.8) is 0 Å². The molecule has 7 nitrogen and oxygen atoms in total. The lowest BCUT2D eigenvalue weighted by molar-refractivity contribution is 0.102. The molecule has 4 rings (SSSR count). The van der Waals surface area contributed by atoms with Crippen LogP contribution in [-0.4, -0.2) is 31.1 Å². The molecule has 122 valence electrons. The van der Waals surface area contributed by atoms with Gasteiger partial charge >= 0.3 is 0 Å². The van der Waals surface area contributed by atoms with Crippen LogP contribution in [0.25, 0.3) is 22.0 Å². The number of aromatic nitrogens is 5. The van der Waals surface area contributed by atoms with Crippen molar-refractivity contribution in [1.82, 2.24) is 25.1 Å². The number of fused-ring (bicyclic) bond motifs is 1. The van der Waals surface area contributed by atoms with Gasteiger partial charge in [0.2, 0.25) is 0 Å². The number of hydrogen-bond acceptors (Lipinski definition) is 5. The largest absolute Gasteiger partial charge is 0.318 e. The van der Waals surface area contributed by atoms with Crippen molar-refractivity contribution in [1.29, 1.82) is 0 Å². The standard InChI is InChI=1S/C18H14N6O/c1-11-20-9-14(10-21-11)22-18(25)17-15-7-12(4-5-16(15)23-24-17)13-3-2-6-19-8-13/h2-10H,1H3,(H,22,25)(H,23,24). The Morgan fingerprint density at radius 2 is 1.92 bits per heavy atom. The summed E-state index contributed by atoms with van der Waals surface area (Å²) < 4.78 is 0. The predicted molar refractivity (Wildman–Crippen MR) is 94.0 cm³/mol. The molecule has 7 heteroatoms. The summed E-state index contributed by atoms with van der Waals surface area (Å²) >= 11 is 0. The van der Waals surface area contributed by atoms with E-state index in [0.717, 1.165) is 22.0 Å². The van der Waals surface area contributed by atoms with Gasteiger partial charge in [0.15, 0.2) is 5.69 Å². The summed E-state index contributed by atoms with van der Waals surface area (Å²) in [7, 11) is 0. The van der Waals surface area contributed by atoms with Gasteiger partial charge in [-0.25, -0.2) is 9.97 Å². The lowest BCUT2D eigenvalue weighted by Gasteiger charge is -2.04. The third-order valence-corrected chi connectivity index (χ3v) is 3.81. The average Bonchev–Trinajstić information content (AvgIpc) is 3.07. The zero-order valence-electron chi connectivity index (χ0n) is 13.4. The molecule has 0 radical (unpaired) electrons. The Bertz CT molecular complexity index is 1040. The molecular weight excluding hydrogens is 316 g/mol. The highest BCUT2D eigenvalue weighted by molar-refractivity contribution is 6.11. The van der Waals surface area contributed by atoms with Crippen molar-refractivity contribution in [2.45, 2.75) is 6.92 Å². The van der Waals surface area contributed by atoms with Gasteiger partial charge in [-0.05, 0) is 30.7 Å². The van der Waals surface area contributed by atoms with E-state index in [1.807, 2.05) is 30.3 Å². The number of anilines is 1. The second-order valence-corrected chi connectivity index (χ2v) is 5.55. The molecule has 0 fully saturated rings. The summed E-state index contributed by atoms with van der Waals surface area (Å²) in [6, 6.07) is 9.64. The van der Waals surface area contributed by atoms with Crippen LogP contribution < -0.4 is 5.32 Å². The van der Waals surface area contributed by atoms with Gasteiger partial charge in [-0.1, -0.05) is 12.1 Å². The second-order valence-electron chi connectivity index (χ2n) is 5.55. The maximum Gasteiger partial charge on any atom is 0.276 e. The first-order chi connectivity index (χ1) is 12.2. The Morgan fingerprint density at radius 1 is 1.08 bits per heavy atom. The van der Waals surface area contributed by atoms with E-state index >= 15 is 0 Å². The smallest absolute Gasteiger partial charge is 0.276 e. The number of H-pyrrole nitrogens is 1. The van der Waals surface area contributed by atoms with E-state index in [0.29, 0.717) is 17.2 Å². The van der Waals surface area contributed by atoms with Crippen LogP contribution in [0, 0.1) is 6.92 Å². The number of hydrogen-bond donors (Lipinski definition) is 2. The predicted octanol–water partition coefficient (Wildman–Crippen LogP) is 2.98. The maximum atomic E-state index is 12.6. The van der Waals surface area contributed by atoms with Gasteiger partial charge < -0.3 is 5.32 Å². The van der Waals surface area contributed by atoms with Crippen LogP contribution in [0.5, 0.6) is 0 Å². The first-order valence-electron chi connectivity index (χ1n) is 7.69. The molecule has 0 bridgehead atoms. The van der Waals surface area contributed by atoms with E-state index in [-0.39, 0.29) is 5.91 Å². The zero-order chi connectivity index (χ0) is 17.2. The molecule has 1 amide bonds. The summed E-state index contributed by atoms with van der Waals surface area (Å²) in [6.45, 7) is 1.78. The van der Waals surface area contributed by atoms with Crippen molar-refractivity contribution < 1.29 is 4.79 Å². The quantitative estimate of drug-likeness (QED) is 0.602. The van der Waals surface area contributed by atoms with Crippen molar-refractivity contribution in [2.75, 3.05) is 5.32 Å². The number of carbonyl (C=O) groups is 1. The highest BCUT2D eigenvalue weighted by Crippen LogP contribution is 2.25. The number of amides is 1. The number of carbonyl (C=O) groups excluding carboxylic acids is 1. The molecule has 0 saturated heterocycles. The van der Waals surface area contributed by atoms with Crippen LogP contribution in [0.1, 0.15) is 16.3 Å². The molecule has 3 aromatic heterocycles. The average molecular weight is 330 g/mol. The van der Waals surface area contributed by atoms with Gasteiger partial charge in [0.25, 0.3) is 5.91 Å². The molecule has 4 aromatic rings. The molecule has 1 aromatic carbocycles. The minimum Gasteiger partial charge on any atom is -0.318 e. The topological polar surface area (TPSA) is 96.5 Å². The molecule has 0 atom stereocenters. The highest BCUT2D eigenvalue weighted by Gasteiger charge is 2.15. The first-order valence-corrected chi connectivity index (χ1v) is 7.69. The Hall–Kier alpha value is -3.61. The normalized spacial score (nSPS) is 10.8. The number of benzene rings is 1. The number of nitrogens with one attached hydrogen (secondary N) is 2. The van der Waals surface area contributed by atoms with E-state index in [9.17, 15) is 4.79 Å². The van der Waals surface area contributed by atoms with Crippen LogP contribution in [0.4, 0.5) is 5.69 Å². The van der Waals surface area contributed by atoms with Crippen LogP contribution in [-0.2, 0) is 0 Å². The molecule has 0 saturated carbocycles. The first kappa shape index (κ1) is 14.9. The number of aryl methyl sites for hydroxylation is 1. The third kappa shape index (κ3) is 2.94. The molecular formula is C18H14N6O. The van der Waals surface area contributed by atoms with E-state index in [2.05, 4.69) is 30.5 Å². The van der Waals surface area contributed by atoms with Gasteiger partial charge in [-0.15, -0.1) is 0 Å². The fourth-order valence-corrected chi connectivity index (χ4v) is 2.55. The molecule has 3 heterocycles. The SMILES string of the molecule is Cc1ncc(NC(=O)c2n[nH]c3ccc(-c4cccnc4)cc23)cn1. The summed E-state index contributed by atoms with van der Waals surface area (Å²) in [6.07, 6.45) is 6.64. The molecule has 0 aliphatic heterocycles. The molecule has 0 unspecified atom stereocenters. The van der Waals surface area contributed by atoms with E-state index in [1.165, 1.54) is 0 Å².